The van der Waals surface area contributed by atoms with Crippen molar-refractivity contribution in [3.05, 3.63) is 29.8 Å². The van der Waals surface area contributed by atoms with Gasteiger partial charge < -0.3 is 15.5 Å². The SMILES string of the molecule is CNC1CCCN(C(=O)C2CC(=O)Nc3ccccc32)C1.Cl. The fraction of sp³-hybridized carbons (Fsp3) is 0.500. The second-order valence-corrected chi connectivity index (χ2v) is 5.80. The first-order chi connectivity index (χ1) is 10.2. The van der Waals surface area contributed by atoms with Crippen molar-refractivity contribution in [1.29, 1.82) is 0 Å². The first kappa shape index (κ1) is 16.8. The zero-order valence-electron chi connectivity index (χ0n) is 12.7. The summed E-state index contributed by atoms with van der Waals surface area (Å²) in [7, 11) is 1.93. The number of piperidine rings is 1. The Morgan fingerprint density at radius 3 is 2.91 bits per heavy atom. The van der Waals surface area contributed by atoms with Crippen molar-refractivity contribution < 1.29 is 9.59 Å². The first-order valence-electron chi connectivity index (χ1n) is 7.54. The standard InChI is InChI=1S/C16H21N3O2.ClH/c1-17-11-5-4-8-19(10-11)16(21)13-9-15(20)18-14-7-3-2-6-12(13)14;/h2-3,6-7,11,13,17H,4-5,8-10H2,1H3,(H,18,20);1H. The lowest BCUT2D eigenvalue weighted by Gasteiger charge is -2.36. The van der Waals surface area contributed by atoms with Crippen LogP contribution < -0.4 is 10.6 Å². The molecule has 5 nitrogen and oxygen atoms in total. The molecule has 2 N–H and O–H groups in total. The molecule has 120 valence electrons. The first-order valence-corrected chi connectivity index (χ1v) is 7.54. The highest BCUT2D eigenvalue weighted by molar-refractivity contribution is 6.01. The van der Waals surface area contributed by atoms with Gasteiger partial charge in [0.1, 0.15) is 0 Å². The van der Waals surface area contributed by atoms with Gasteiger partial charge in [0, 0.05) is 31.2 Å². The lowest BCUT2D eigenvalue weighted by atomic mass is 9.88. The number of carbonyl (C=O) groups excluding carboxylic acids is 2. The quantitative estimate of drug-likeness (QED) is 0.871. The van der Waals surface area contributed by atoms with E-state index < -0.39 is 0 Å². The third-order valence-electron chi connectivity index (χ3n) is 4.44. The number of likely N-dealkylation sites (N-methyl/N-ethyl adjacent to an activating group) is 1. The fourth-order valence-electron chi connectivity index (χ4n) is 3.26. The maximum atomic E-state index is 12.8. The van der Waals surface area contributed by atoms with E-state index in [1.165, 1.54) is 0 Å². The molecule has 22 heavy (non-hydrogen) atoms. The summed E-state index contributed by atoms with van der Waals surface area (Å²) < 4.78 is 0. The maximum absolute atomic E-state index is 12.8. The Balaban J connectivity index is 0.00000176. The number of hydrogen-bond acceptors (Lipinski definition) is 3. The smallest absolute Gasteiger partial charge is 0.230 e. The van der Waals surface area contributed by atoms with Crippen LogP contribution in [-0.4, -0.2) is 42.9 Å². The summed E-state index contributed by atoms with van der Waals surface area (Å²) in [6, 6.07) is 7.96. The molecule has 1 saturated heterocycles. The van der Waals surface area contributed by atoms with Crippen LogP contribution in [0.3, 0.4) is 0 Å². The molecule has 1 aromatic carbocycles. The maximum Gasteiger partial charge on any atom is 0.230 e. The van der Waals surface area contributed by atoms with E-state index in [-0.39, 0.29) is 36.6 Å². The zero-order valence-corrected chi connectivity index (χ0v) is 13.5. The van der Waals surface area contributed by atoms with Crippen LogP contribution in [0, 0.1) is 0 Å². The predicted octanol–water partition coefficient (Wildman–Crippen LogP) is 1.74. The number of hydrogen-bond donors (Lipinski definition) is 2. The van der Waals surface area contributed by atoms with Gasteiger partial charge in [-0.25, -0.2) is 0 Å². The van der Waals surface area contributed by atoms with Gasteiger partial charge >= 0.3 is 0 Å². The fourth-order valence-corrected chi connectivity index (χ4v) is 3.26. The van der Waals surface area contributed by atoms with Crippen molar-refractivity contribution in [3.8, 4) is 0 Å². The molecule has 0 saturated carbocycles. The largest absolute Gasteiger partial charge is 0.341 e. The Morgan fingerprint density at radius 2 is 2.14 bits per heavy atom. The molecular weight excluding hydrogens is 302 g/mol. The van der Waals surface area contributed by atoms with Crippen LogP contribution in [0.5, 0.6) is 0 Å². The van der Waals surface area contributed by atoms with Gasteiger partial charge in [-0.3, -0.25) is 9.59 Å². The minimum atomic E-state index is -0.342. The Kier molecular flexibility index (Phi) is 5.42. The van der Waals surface area contributed by atoms with Gasteiger partial charge in [-0.2, -0.15) is 0 Å². The second kappa shape index (κ2) is 7.11. The molecule has 0 spiro atoms. The summed E-state index contributed by atoms with van der Waals surface area (Å²) in [6.07, 6.45) is 2.36. The summed E-state index contributed by atoms with van der Waals surface area (Å²) >= 11 is 0. The van der Waals surface area contributed by atoms with E-state index in [1.807, 2.05) is 36.2 Å². The highest BCUT2D eigenvalue weighted by Gasteiger charge is 2.34. The normalized spacial score (nSPS) is 24.0. The molecule has 0 bridgehead atoms. The van der Waals surface area contributed by atoms with Gasteiger partial charge in [-0.1, -0.05) is 18.2 Å². The highest BCUT2D eigenvalue weighted by atomic mass is 35.5. The van der Waals surface area contributed by atoms with E-state index in [9.17, 15) is 9.59 Å². The van der Waals surface area contributed by atoms with Crippen LogP contribution in [0.25, 0.3) is 0 Å². The van der Waals surface area contributed by atoms with E-state index in [1.54, 1.807) is 0 Å². The summed E-state index contributed by atoms with van der Waals surface area (Å²) in [4.78, 5) is 26.6. The van der Waals surface area contributed by atoms with Crippen molar-refractivity contribution in [2.75, 3.05) is 25.5 Å². The number of amides is 2. The van der Waals surface area contributed by atoms with Crippen LogP contribution in [0.15, 0.2) is 24.3 Å². The number of nitrogens with one attached hydrogen (secondary N) is 2. The lowest BCUT2D eigenvalue weighted by molar-refractivity contribution is -0.136. The van der Waals surface area contributed by atoms with Crippen molar-refractivity contribution >= 4 is 29.9 Å². The molecule has 1 aromatic rings. The van der Waals surface area contributed by atoms with Crippen molar-refractivity contribution in [1.82, 2.24) is 10.2 Å². The monoisotopic (exact) mass is 323 g/mol. The van der Waals surface area contributed by atoms with E-state index in [0.29, 0.717) is 6.04 Å². The molecule has 2 heterocycles. The van der Waals surface area contributed by atoms with Crippen molar-refractivity contribution in [3.63, 3.8) is 0 Å². The average Bonchev–Trinajstić information content (AvgIpc) is 2.53. The van der Waals surface area contributed by atoms with E-state index in [0.717, 1.165) is 37.2 Å². The highest BCUT2D eigenvalue weighted by Crippen LogP contribution is 2.33. The predicted molar refractivity (Wildman–Crippen MR) is 88.3 cm³/mol. The number of nitrogens with zero attached hydrogens (tertiary/aromatic N) is 1. The number of carbonyl (C=O) groups is 2. The Labute approximate surface area is 136 Å². The second-order valence-electron chi connectivity index (χ2n) is 5.80. The molecule has 0 aliphatic carbocycles. The Morgan fingerprint density at radius 1 is 1.36 bits per heavy atom. The lowest BCUT2D eigenvalue weighted by Crippen LogP contribution is -2.49. The minimum absolute atomic E-state index is 0. The van der Waals surface area contributed by atoms with Gasteiger partial charge in [-0.05, 0) is 31.5 Å². The van der Waals surface area contributed by atoms with Crippen LogP contribution in [0.1, 0.15) is 30.7 Å². The van der Waals surface area contributed by atoms with Gasteiger partial charge in [0.15, 0.2) is 0 Å². The molecule has 3 rings (SSSR count). The third kappa shape index (κ3) is 3.25. The van der Waals surface area contributed by atoms with Crippen LogP contribution in [0.4, 0.5) is 5.69 Å². The molecule has 0 radical (unpaired) electrons. The van der Waals surface area contributed by atoms with E-state index in [4.69, 9.17) is 0 Å². The number of rotatable bonds is 2. The molecule has 2 aliphatic rings. The van der Waals surface area contributed by atoms with Crippen LogP contribution in [-0.2, 0) is 9.59 Å². The molecule has 6 heteroatoms. The Hall–Kier alpha value is -1.59. The number of para-hydroxylation sites is 1. The van der Waals surface area contributed by atoms with Crippen LogP contribution >= 0.6 is 12.4 Å². The number of halogens is 1. The molecule has 0 aromatic heterocycles. The summed E-state index contributed by atoms with van der Waals surface area (Å²) in [5, 5.41) is 6.09. The third-order valence-corrected chi connectivity index (χ3v) is 4.44. The van der Waals surface area contributed by atoms with Crippen LogP contribution in [0.2, 0.25) is 0 Å². The van der Waals surface area contributed by atoms with Crippen molar-refractivity contribution in [2.24, 2.45) is 0 Å². The molecular formula is C16H22ClN3O2. The van der Waals surface area contributed by atoms with Crippen molar-refractivity contribution in [2.45, 2.75) is 31.2 Å². The minimum Gasteiger partial charge on any atom is -0.341 e. The molecule has 2 amide bonds. The topological polar surface area (TPSA) is 61.4 Å². The molecule has 2 atom stereocenters. The zero-order chi connectivity index (χ0) is 14.8. The Bertz CT molecular complexity index is 564. The van der Waals surface area contributed by atoms with Gasteiger partial charge in [0.2, 0.25) is 11.8 Å². The summed E-state index contributed by atoms with van der Waals surface area (Å²) in [6.45, 7) is 1.52. The van der Waals surface area contributed by atoms with Gasteiger partial charge in [0.05, 0.1) is 5.92 Å². The summed E-state index contributed by atoms with van der Waals surface area (Å²) in [5.74, 6) is -0.336. The number of benzene rings is 1. The number of anilines is 1. The molecule has 1 fully saturated rings. The number of fused-ring (bicyclic) bond motifs is 1. The van der Waals surface area contributed by atoms with Gasteiger partial charge in [0.25, 0.3) is 0 Å². The number of likely N-dealkylation sites (tertiary alicyclic amines) is 1. The van der Waals surface area contributed by atoms with E-state index in [2.05, 4.69) is 10.6 Å². The van der Waals surface area contributed by atoms with E-state index >= 15 is 0 Å². The summed E-state index contributed by atoms with van der Waals surface area (Å²) in [5.41, 5.74) is 1.71. The molecule has 2 unspecified atom stereocenters. The van der Waals surface area contributed by atoms with Gasteiger partial charge in [-0.15, -0.1) is 12.4 Å². The molecule has 2 aliphatic heterocycles. The average molecular weight is 324 g/mol.